The van der Waals surface area contributed by atoms with Crippen molar-refractivity contribution in [3.05, 3.63) is 43.3 Å². The van der Waals surface area contributed by atoms with E-state index in [0.717, 1.165) is 0 Å². The summed E-state index contributed by atoms with van der Waals surface area (Å²) in [6, 6.07) is 6.47. The van der Waals surface area contributed by atoms with E-state index < -0.39 is 0 Å². The molecule has 0 radical (unpaired) electrons. The van der Waals surface area contributed by atoms with Crippen molar-refractivity contribution in [2.24, 2.45) is 0 Å². The first-order valence-corrected chi connectivity index (χ1v) is 6.92. The monoisotopic (exact) mass is 256 g/mol. The lowest BCUT2D eigenvalue weighted by molar-refractivity contribution is 1.20. The maximum absolute atomic E-state index is 6.48. The minimum absolute atomic E-state index is 0.0300. The Morgan fingerprint density at radius 2 is 1.80 bits per heavy atom. The van der Waals surface area contributed by atoms with Crippen LogP contribution in [0.5, 0.6) is 0 Å². The van der Waals surface area contributed by atoms with Gasteiger partial charge in [-0.3, -0.25) is 0 Å². The maximum atomic E-state index is 6.48. The molecule has 0 N–H and O–H groups in total. The molecule has 15 heavy (non-hydrogen) atoms. The predicted octanol–water partition coefficient (Wildman–Crippen LogP) is 5.06. The summed E-state index contributed by atoms with van der Waals surface area (Å²) in [7, 11) is 0. The van der Waals surface area contributed by atoms with Gasteiger partial charge in [0.15, 0.2) is 0 Å². The van der Waals surface area contributed by atoms with Crippen molar-refractivity contribution in [1.29, 1.82) is 0 Å². The van der Waals surface area contributed by atoms with Crippen LogP contribution in [0.4, 0.5) is 0 Å². The quantitative estimate of drug-likeness (QED) is 0.659. The van der Waals surface area contributed by atoms with Gasteiger partial charge in [0, 0.05) is 19.5 Å². The molecule has 0 nitrogen and oxygen atoms in total. The second-order valence-electron chi connectivity index (χ2n) is 3.72. The van der Waals surface area contributed by atoms with E-state index in [1.807, 2.05) is 0 Å². The molecule has 80 valence electrons. The number of aryl methyl sites for hydroxylation is 3. The van der Waals surface area contributed by atoms with Crippen LogP contribution in [-0.2, 0) is 0 Å². The van der Waals surface area contributed by atoms with Crippen molar-refractivity contribution in [1.82, 2.24) is 0 Å². The van der Waals surface area contributed by atoms with Crippen LogP contribution in [0, 0.1) is 20.8 Å². The average molecular weight is 257 g/mol. The van der Waals surface area contributed by atoms with Crippen molar-refractivity contribution in [2.45, 2.75) is 26.1 Å². The molecule has 2 aromatic rings. The number of hydrogen-bond donors (Lipinski definition) is 0. The van der Waals surface area contributed by atoms with Crippen molar-refractivity contribution < 1.29 is 0 Å². The fraction of sp³-hybridized carbons (Fsp3) is 0.333. The third-order valence-corrected chi connectivity index (χ3v) is 5.32. The van der Waals surface area contributed by atoms with Crippen LogP contribution in [0.2, 0.25) is 0 Å². The molecule has 2 heterocycles. The van der Waals surface area contributed by atoms with E-state index in [0.29, 0.717) is 0 Å². The van der Waals surface area contributed by atoms with E-state index >= 15 is 0 Å². The standard InChI is InChI=1S/C12H13ClS2/c1-7-6-9(3)15-12(7)11(13)10-5-4-8(2)14-10/h4-6,11H,1-3H3. The summed E-state index contributed by atoms with van der Waals surface area (Å²) >= 11 is 10.1. The zero-order valence-corrected chi connectivity index (χ0v) is 11.4. The molecule has 0 aliphatic rings. The highest BCUT2D eigenvalue weighted by molar-refractivity contribution is 7.14. The van der Waals surface area contributed by atoms with Gasteiger partial charge >= 0.3 is 0 Å². The van der Waals surface area contributed by atoms with Crippen LogP contribution in [-0.4, -0.2) is 0 Å². The van der Waals surface area contributed by atoms with Gasteiger partial charge in [-0.1, -0.05) is 0 Å². The van der Waals surface area contributed by atoms with Gasteiger partial charge in [-0.2, -0.15) is 0 Å². The van der Waals surface area contributed by atoms with Gasteiger partial charge in [0.05, 0.1) is 0 Å². The molecule has 2 aromatic heterocycles. The number of thiophene rings is 2. The van der Waals surface area contributed by atoms with E-state index in [2.05, 4.69) is 39.0 Å². The lowest BCUT2D eigenvalue weighted by Crippen LogP contribution is -1.87. The predicted molar refractivity (Wildman–Crippen MR) is 70.5 cm³/mol. The first-order chi connectivity index (χ1) is 7.08. The summed E-state index contributed by atoms with van der Waals surface area (Å²) in [6.45, 7) is 6.38. The minimum Gasteiger partial charge on any atom is -0.144 e. The molecular formula is C12H13ClS2. The number of rotatable bonds is 2. The molecule has 0 aliphatic carbocycles. The van der Waals surface area contributed by atoms with E-state index in [-0.39, 0.29) is 5.38 Å². The summed E-state index contributed by atoms with van der Waals surface area (Å²) in [5.74, 6) is 0. The normalized spacial score (nSPS) is 13.1. The molecule has 0 aliphatic heterocycles. The third-order valence-electron chi connectivity index (χ3n) is 2.32. The summed E-state index contributed by atoms with van der Waals surface area (Å²) in [6.07, 6.45) is 0. The van der Waals surface area contributed by atoms with Crippen LogP contribution in [0.15, 0.2) is 18.2 Å². The van der Waals surface area contributed by atoms with Gasteiger partial charge in [0.1, 0.15) is 5.38 Å². The third kappa shape index (κ3) is 2.27. The van der Waals surface area contributed by atoms with Gasteiger partial charge < -0.3 is 0 Å². The topological polar surface area (TPSA) is 0 Å². The van der Waals surface area contributed by atoms with Gasteiger partial charge in [-0.15, -0.1) is 34.3 Å². The smallest absolute Gasteiger partial charge is 0.102 e. The molecule has 0 spiro atoms. The molecule has 0 saturated heterocycles. The van der Waals surface area contributed by atoms with Crippen LogP contribution < -0.4 is 0 Å². The molecule has 0 amide bonds. The molecule has 0 saturated carbocycles. The summed E-state index contributed by atoms with van der Waals surface area (Å²) in [5, 5.41) is 0.0300. The summed E-state index contributed by atoms with van der Waals surface area (Å²) in [5.41, 5.74) is 1.31. The number of halogens is 1. The van der Waals surface area contributed by atoms with Gasteiger partial charge in [0.25, 0.3) is 0 Å². The second-order valence-corrected chi connectivity index (χ2v) is 6.76. The van der Waals surface area contributed by atoms with Gasteiger partial charge in [-0.05, 0) is 44.5 Å². The van der Waals surface area contributed by atoms with Crippen molar-refractivity contribution in [2.75, 3.05) is 0 Å². The molecular weight excluding hydrogens is 244 g/mol. The lowest BCUT2D eigenvalue weighted by Gasteiger charge is -2.05. The Hall–Kier alpha value is -0.310. The Morgan fingerprint density at radius 3 is 2.27 bits per heavy atom. The Morgan fingerprint density at radius 1 is 1.07 bits per heavy atom. The van der Waals surface area contributed by atoms with E-state index in [4.69, 9.17) is 11.6 Å². The Labute approximate surface area is 104 Å². The van der Waals surface area contributed by atoms with E-state index in [1.165, 1.54) is 25.1 Å². The van der Waals surface area contributed by atoms with Gasteiger partial charge in [-0.25, -0.2) is 0 Å². The van der Waals surface area contributed by atoms with E-state index in [1.54, 1.807) is 22.7 Å². The molecule has 0 aromatic carbocycles. The van der Waals surface area contributed by atoms with Gasteiger partial charge in [0.2, 0.25) is 0 Å². The second kappa shape index (κ2) is 4.28. The van der Waals surface area contributed by atoms with Crippen molar-refractivity contribution in [3.63, 3.8) is 0 Å². The molecule has 0 fully saturated rings. The average Bonchev–Trinajstić information content (AvgIpc) is 2.71. The summed E-state index contributed by atoms with van der Waals surface area (Å²) < 4.78 is 0. The molecule has 0 bridgehead atoms. The lowest BCUT2D eigenvalue weighted by atomic mass is 10.2. The highest BCUT2D eigenvalue weighted by Crippen LogP contribution is 2.39. The zero-order chi connectivity index (χ0) is 11.0. The van der Waals surface area contributed by atoms with E-state index in [9.17, 15) is 0 Å². The Bertz CT molecular complexity index is 468. The van der Waals surface area contributed by atoms with Crippen LogP contribution in [0.25, 0.3) is 0 Å². The fourth-order valence-electron chi connectivity index (χ4n) is 1.63. The highest BCUT2D eigenvalue weighted by Gasteiger charge is 2.17. The molecule has 2 rings (SSSR count). The first-order valence-electron chi connectivity index (χ1n) is 4.85. The first kappa shape index (κ1) is 11.2. The van der Waals surface area contributed by atoms with Crippen molar-refractivity contribution >= 4 is 34.3 Å². The zero-order valence-electron chi connectivity index (χ0n) is 9.00. The molecule has 1 unspecified atom stereocenters. The Kier molecular flexibility index (Phi) is 3.19. The minimum atomic E-state index is 0.0300. The Balaban J connectivity index is 2.35. The fourth-order valence-corrected chi connectivity index (χ4v) is 4.11. The SMILES string of the molecule is Cc1ccc(C(Cl)c2sc(C)cc2C)s1. The molecule has 3 heteroatoms. The van der Waals surface area contributed by atoms with Crippen LogP contribution in [0.1, 0.15) is 30.4 Å². The number of hydrogen-bond acceptors (Lipinski definition) is 2. The molecule has 1 atom stereocenters. The maximum Gasteiger partial charge on any atom is 0.102 e. The van der Waals surface area contributed by atoms with Crippen LogP contribution >= 0.6 is 34.3 Å². The number of alkyl halides is 1. The van der Waals surface area contributed by atoms with Crippen LogP contribution in [0.3, 0.4) is 0 Å². The summed E-state index contributed by atoms with van der Waals surface area (Å²) in [4.78, 5) is 5.19. The largest absolute Gasteiger partial charge is 0.144 e. The highest BCUT2D eigenvalue weighted by atomic mass is 35.5. The van der Waals surface area contributed by atoms with Crippen molar-refractivity contribution in [3.8, 4) is 0 Å².